The number of rotatable bonds is 12. The van der Waals surface area contributed by atoms with Gasteiger partial charge in [-0.3, -0.25) is 0 Å². The minimum absolute atomic E-state index is 0.273. The molecule has 0 aromatic heterocycles. The molecule has 0 aliphatic carbocycles. The van der Waals surface area contributed by atoms with E-state index in [-0.39, 0.29) is 13.6 Å². The van der Waals surface area contributed by atoms with E-state index >= 15 is 0 Å². The van der Waals surface area contributed by atoms with Crippen molar-refractivity contribution in [2.24, 2.45) is 0 Å². The number of hydrogen-bond donors (Lipinski definition) is 0. The lowest BCUT2D eigenvalue weighted by Crippen LogP contribution is -2.04. The summed E-state index contributed by atoms with van der Waals surface area (Å²) in [5, 5.41) is 4.37. The summed E-state index contributed by atoms with van der Waals surface area (Å²) in [4.78, 5) is 0. The maximum Gasteiger partial charge on any atom is 0.189 e. The van der Waals surface area contributed by atoms with Crippen LogP contribution in [0, 0.1) is 0 Å². The Morgan fingerprint density at radius 3 is 1.54 bits per heavy atom. The highest BCUT2D eigenvalue weighted by Crippen LogP contribution is 2.34. The molecule has 0 bridgehead atoms. The van der Waals surface area contributed by atoms with E-state index in [2.05, 4.69) is 38.1 Å². The third-order valence-corrected chi connectivity index (χ3v) is 4.68. The van der Waals surface area contributed by atoms with Gasteiger partial charge >= 0.3 is 0 Å². The van der Waals surface area contributed by atoms with E-state index < -0.39 is 0 Å². The summed E-state index contributed by atoms with van der Waals surface area (Å²) in [6, 6.07) is 16.5. The lowest BCUT2D eigenvalue weighted by Gasteiger charge is -2.13. The standard InChI is InChI=1S/C24H30O4/c1-3-5-13-25-17-27-23-11-7-9-19-16-22-20(15-21(19)23)10-8-12-24(22)28-18-26-14-6-4-2/h7-12,15-16H,3-6,13-14,17-18H2,1-2H3. The largest absolute Gasteiger partial charge is 0.467 e. The normalized spacial score (nSPS) is 11.2. The smallest absolute Gasteiger partial charge is 0.189 e. The SMILES string of the molecule is CCCCOCOc1cccc2cc3c(OCOCCCC)cccc3cc12. The predicted octanol–water partition coefficient (Wildman–Crippen LogP) is 6.30. The van der Waals surface area contributed by atoms with E-state index in [9.17, 15) is 0 Å². The number of fused-ring (bicyclic) bond motifs is 2. The second-order valence-electron chi connectivity index (χ2n) is 6.85. The molecule has 0 aliphatic rings. The van der Waals surface area contributed by atoms with Crippen molar-refractivity contribution in [3.63, 3.8) is 0 Å². The van der Waals surface area contributed by atoms with Crippen LogP contribution < -0.4 is 9.47 Å². The second kappa shape index (κ2) is 10.9. The summed E-state index contributed by atoms with van der Waals surface area (Å²) in [6.07, 6.45) is 4.34. The van der Waals surface area contributed by atoms with Gasteiger partial charge in [0.2, 0.25) is 0 Å². The Balaban J connectivity index is 1.77. The first kappa shape index (κ1) is 20.4. The average molecular weight is 383 g/mol. The first-order valence-corrected chi connectivity index (χ1v) is 10.2. The van der Waals surface area contributed by atoms with Gasteiger partial charge < -0.3 is 18.9 Å². The van der Waals surface area contributed by atoms with E-state index in [4.69, 9.17) is 18.9 Å². The molecule has 3 rings (SSSR count). The van der Waals surface area contributed by atoms with Gasteiger partial charge in [-0.2, -0.15) is 0 Å². The molecule has 3 aromatic carbocycles. The van der Waals surface area contributed by atoms with Crippen molar-refractivity contribution in [3.05, 3.63) is 48.5 Å². The second-order valence-corrected chi connectivity index (χ2v) is 6.85. The van der Waals surface area contributed by atoms with Crippen molar-refractivity contribution < 1.29 is 18.9 Å². The molecular weight excluding hydrogens is 352 g/mol. The van der Waals surface area contributed by atoms with E-state index in [0.717, 1.165) is 71.9 Å². The molecular formula is C24H30O4. The molecule has 0 unspecified atom stereocenters. The minimum Gasteiger partial charge on any atom is -0.467 e. The molecule has 4 nitrogen and oxygen atoms in total. The van der Waals surface area contributed by atoms with Crippen molar-refractivity contribution in [2.75, 3.05) is 26.8 Å². The third kappa shape index (κ3) is 5.37. The average Bonchev–Trinajstić information content (AvgIpc) is 2.72. The Labute approximate surface area is 167 Å². The fourth-order valence-corrected chi connectivity index (χ4v) is 3.07. The van der Waals surface area contributed by atoms with Gasteiger partial charge in [0.1, 0.15) is 11.5 Å². The van der Waals surface area contributed by atoms with E-state index in [1.54, 1.807) is 0 Å². The van der Waals surface area contributed by atoms with Crippen LogP contribution in [0.15, 0.2) is 48.5 Å². The molecule has 0 radical (unpaired) electrons. The zero-order valence-electron chi connectivity index (χ0n) is 16.9. The topological polar surface area (TPSA) is 36.9 Å². The molecule has 0 saturated carbocycles. The highest BCUT2D eigenvalue weighted by Gasteiger charge is 2.08. The van der Waals surface area contributed by atoms with E-state index in [0.29, 0.717) is 0 Å². The van der Waals surface area contributed by atoms with Crippen LogP contribution in [0.2, 0.25) is 0 Å². The zero-order valence-corrected chi connectivity index (χ0v) is 16.9. The molecule has 0 atom stereocenters. The highest BCUT2D eigenvalue weighted by molar-refractivity contribution is 6.03. The summed E-state index contributed by atoms with van der Waals surface area (Å²) in [6.45, 7) is 6.30. The quantitative estimate of drug-likeness (QED) is 0.209. The van der Waals surface area contributed by atoms with Gasteiger partial charge in [-0.1, -0.05) is 51.0 Å². The molecule has 0 fully saturated rings. The van der Waals surface area contributed by atoms with Crippen LogP contribution in [0.4, 0.5) is 0 Å². The maximum absolute atomic E-state index is 5.87. The van der Waals surface area contributed by atoms with E-state index in [1.165, 1.54) is 0 Å². The zero-order chi connectivity index (χ0) is 19.6. The number of unbranched alkanes of at least 4 members (excludes halogenated alkanes) is 2. The van der Waals surface area contributed by atoms with Crippen LogP contribution >= 0.6 is 0 Å². The Hall–Kier alpha value is -2.30. The van der Waals surface area contributed by atoms with Gasteiger partial charge in [-0.25, -0.2) is 0 Å². The van der Waals surface area contributed by atoms with Crippen molar-refractivity contribution in [1.82, 2.24) is 0 Å². The number of ether oxygens (including phenoxy) is 4. The fourth-order valence-electron chi connectivity index (χ4n) is 3.07. The van der Waals surface area contributed by atoms with Crippen LogP contribution in [0.25, 0.3) is 21.5 Å². The van der Waals surface area contributed by atoms with Crippen molar-refractivity contribution in [1.29, 1.82) is 0 Å². The first-order chi connectivity index (χ1) is 13.8. The summed E-state index contributed by atoms with van der Waals surface area (Å²) in [7, 11) is 0. The van der Waals surface area contributed by atoms with Gasteiger partial charge in [0.25, 0.3) is 0 Å². The summed E-state index contributed by atoms with van der Waals surface area (Å²) in [5.74, 6) is 1.68. The van der Waals surface area contributed by atoms with Gasteiger partial charge in [-0.15, -0.1) is 0 Å². The molecule has 28 heavy (non-hydrogen) atoms. The molecule has 0 saturated heterocycles. The Morgan fingerprint density at radius 1 is 0.643 bits per heavy atom. The number of benzene rings is 3. The predicted molar refractivity (Wildman–Crippen MR) is 114 cm³/mol. The Kier molecular flexibility index (Phi) is 7.94. The lowest BCUT2D eigenvalue weighted by atomic mass is 10.0. The van der Waals surface area contributed by atoms with Crippen LogP contribution in [-0.4, -0.2) is 26.8 Å². The van der Waals surface area contributed by atoms with Crippen LogP contribution in [-0.2, 0) is 9.47 Å². The van der Waals surface area contributed by atoms with Crippen LogP contribution in [0.1, 0.15) is 39.5 Å². The Morgan fingerprint density at radius 2 is 1.11 bits per heavy atom. The summed E-state index contributed by atoms with van der Waals surface area (Å²) in [5.41, 5.74) is 0. The first-order valence-electron chi connectivity index (χ1n) is 10.2. The minimum atomic E-state index is 0.273. The molecule has 0 heterocycles. The van der Waals surface area contributed by atoms with Crippen LogP contribution in [0.5, 0.6) is 11.5 Å². The van der Waals surface area contributed by atoms with Gasteiger partial charge in [-0.05, 0) is 47.9 Å². The lowest BCUT2D eigenvalue weighted by molar-refractivity contribution is 0.0147. The monoisotopic (exact) mass is 382 g/mol. The summed E-state index contributed by atoms with van der Waals surface area (Å²) < 4.78 is 22.8. The van der Waals surface area contributed by atoms with Crippen molar-refractivity contribution in [3.8, 4) is 11.5 Å². The van der Waals surface area contributed by atoms with Crippen molar-refractivity contribution in [2.45, 2.75) is 39.5 Å². The van der Waals surface area contributed by atoms with E-state index in [1.807, 2.05) is 24.3 Å². The van der Waals surface area contributed by atoms with Gasteiger partial charge in [0.05, 0.1) is 13.2 Å². The molecule has 4 heteroatoms. The van der Waals surface area contributed by atoms with Crippen LogP contribution in [0.3, 0.4) is 0 Å². The molecule has 0 amide bonds. The number of hydrogen-bond acceptors (Lipinski definition) is 4. The fraction of sp³-hybridized carbons (Fsp3) is 0.417. The molecule has 0 aliphatic heterocycles. The molecule has 150 valence electrons. The highest BCUT2D eigenvalue weighted by atomic mass is 16.7. The van der Waals surface area contributed by atoms with Gasteiger partial charge in [0, 0.05) is 10.8 Å². The summed E-state index contributed by atoms with van der Waals surface area (Å²) >= 11 is 0. The molecule has 3 aromatic rings. The third-order valence-electron chi connectivity index (χ3n) is 4.68. The van der Waals surface area contributed by atoms with Crippen molar-refractivity contribution >= 4 is 21.5 Å². The molecule has 0 N–H and O–H groups in total. The Bertz CT molecular complexity index is 801. The maximum atomic E-state index is 5.87. The van der Waals surface area contributed by atoms with Gasteiger partial charge in [0.15, 0.2) is 13.6 Å². The molecule has 0 spiro atoms.